The van der Waals surface area contributed by atoms with Crippen molar-refractivity contribution in [2.75, 3.05) is 24.4 Å². The van der Waals surface area contributed by atoms with Crippen molar-refractivity contribution in [2.24, 2.45) is 0 Å². The van der Waals surface area contributed by atoms with Gasteiger partial charge in [-0.15, -0.1) is 0 Å². The Balaban J connectivity index is 2.78. The molecule has 0 aromatic heterocycles. The molecule has 0 fully saturated rings. The summed E-state index contributed by atoms with van der Waals surface area (Å²) in [7, 11) is 1.75. The predicted molar refractivity (Wildman–Crippen MR) is 87.4 cm³/mol. The Morgan fingerprint density at radius 1 is 1.43 bits per heavy atom. The first-order chi connectivity index (χ1) is 9.86. The Hall–Kier alpha value is -1.69. The number of hydrogen-bond donors (Lipinski definition) is 2. The summed E-state index contributed by atoms with van der Waals surface area (Å²) in [5, 5.41) is 11.8. The molecule has 0 aliphatic rings. The minimum atomic E-state index is -1.01. The van der Waals surface area contributed by atoms with Crippen LogP contribution in [-0.4, -0.2) is 47.1 Å². The molecule has 21 heavy (non-hydrogen) atoms. The van der Waals surface area contributed by atoms with Gasteiger partial charge in [0, 0.05) is 18.8 Å². The van der Waals surface area contributed by atoms with Gasteiger partial charge in [0.05, 0.1) is 5.56 Å². The third-order valence-corrected chi connectivity index (χ3v) is 4.09. The molecule has 1 atom stereocenters. The summed E-state index contributed by atoms with van der Waals surface area (Å²) in [5.74, 6) is -0.0149. The van der Waals surface area contributed by atoms with Gasteiger partial charge < -0.3 is 15.3 Å². The second-order valence-corrected chi connectivity index (χ2v) is 5.99. The van der Waals surface area contributed by atoms with E-state index in [9.17, 15) is 9.59 Å². The highest BCUT2D eigenvalue weighted by atomic mass is 32.2. The van der Waals surface area contributed by atoms with Crippen molar-refractivity contribution < 1.29 is 14.7 Å². The molecule has 2 amide bonds. The quantitative estimate of drug-likeness (QED) is 0.846. The van der Waals surface area contributed by atoms with Gasteiger partial charge in [-0.25, -0.2) is 9.59 Å². The van der Waals surface area contributed by atoms with Crippen molar-refractivity contribution in [2.45, 2.75) is 26.3 Å². The van der Waals surface area contributed by atoms with Gasteiger partial charge in [-0.2, -0.15) is 11.8 Å². The van der Waals surface area contributed by atoms with Gasteiger partial charge in [-0.3, -0.25) is 0 Å². The van der Waals surface area contributed by atoms with Gasteiger partial charge in [0.25, 0.3) is 0 Å². The van der Waals surface area contributed by atoms with E-state index < -0.39 is 5.97 Å². The van der Waals surface area contributed by atoms with Gasteiger partial charge in [0.2, 0.25) is 0 Å². The average Bonchev–Trinajstić information content (AvgIpc) is 2.45. The maximum Gasteiger partial charge on any atom is 0.335 e. The van der Waals surface area contributed by atoms with E-state index in [2.05, 4.69) is 5.32 Å². The molecule has 1 rings (SSSR count). The second-order valence-electron chi connectivity index (χ2n) is 5.01. The molecule has 0 aliphatic heterocycles. The van der Waals surface area contributed by atoms with Crippen LogP contribution in [0.15, 0.2) is 18.2 Å². The van der Waals surface area contributed by atoms with E-state index >= 15 is 0 Å². The summed E-state index contributed by atoms with van der Waals surface area (Å²) in [5.41, 5.74) is 1.52. The lowest BCUT2D eigenvalue weighted by molar-refractivity contribution is 0.0697. The Bertz CT molecular complexity index is 520. The van der Waals surface area contributed by atoms with E-state index in [1.807, 2.05) is 20.1 Å². The van der Waals surface area contributed by atoms with Gasteiger partial charge in [0.1, 0.15) is 0 Å². The summed E-state index contributed by atoms with van der Waals surface area (Å²) in [6.45, 7) is 3.83. The van der Waals surface area contributed by atoms with Crippen LogP contribution in [0.5, 0.6) is 0 Å². The normalized spacial score (nSPS) is 11.8. The van der Waals surface area contributed by atoms with Crippen molar-refractivity contribution >= 4 is 29.4 Å². The van der Waals surface area contributed by atoms with Crippen molar-refractivity contribution in [1.82, 2.24) is 4.90 Å². The number of anilines is 1. The van der Waals surface area contributed by atoms with E-state index in [4.69, 9.17) is 5.11 Å². The lowest BCUT2D eigenvalue weighted by Gasteiger charge is -2.25. The maximum atomic E-state index is 12.2. The maximum absolute atomic E-state index is 12.2. The predicted octanol–water partition coefficient (Wildman–Crippen LogP) is 3.30. The van der Waals surface area contributed by atoms with Gasteiger partial charge in [0.15, 0.2) is 0 Å². The van der Waals surface area contributed by atoms with Gasteiger partial charge in [-0.05, 0) is 50.0 Å². The molecular weight excluding hydrogens is 288 g/mol. The largest absolute Gasteiger partial charge is 0.478 e. The molecule has 1 unspecified atom stereocenters. The smallest absolute Gasteiger partial charge is 0.335 e. The first kappa shape index (κ1) is 17.4. The molecular formula is C15H22N2O3S. The van der Waals surface area contributed by atoms with Crippen LogP contribution in [0.3, 0.4) is 0 Å². The zero-order valence-corrected chi connectivity index (χ0v) is 13.7. The topological polar surface area (TPSA) is 69.6 Å². The summed E-state index contributed by atoms with van der Waals surface area (Å²) in [6.07, 6.45) is 2.95. The lowest BCUT2D eigenvalue weighted by Crippen LogP contribution is -2.38. The van der Waals surface area contributed by atoms with Crippen molar-refractivity contribution in [3.8, 4) is 0 Å². The molecule has 1 aromatic rings. The zero-order valence-electron chi connectivity index (χ0n) is 12.8. The Morgan fingerprint density at radius 2 is 2.10 bits per heavy atom. The number of benzene rings is 1. The zero-order chi connectivity index (χ0) is 16.0. The Labute approximate surface area is 129 Å². The number of aromatic carboxylic acids is 1. The fourth-order valence-electron chi connectivity index (χ4n) is 1.78. The molecule has 0 radical (unpaired) electrons. The summed E-state index contributed by atoms with van der Waals surface area (Å²) in [6, 6.07) is 4.60. The highest BCUT2D eigenvalue weighted by Crippen LogP contribution is 2.18. The number of amides is 2. The number of hydrogen-bond acceptors (Lipinski definition) is 3. The number of nitrogens with zero attached hydrogens (tertiary/aromatic N) is 1. The number of urea groups is 1. The van der Waals surface area contributed by atoms with Crippen LogP contribution in [-0.2, 0) is 0 Å². The molecule has 6 heteroatoms. The SMILES string of the molecule is CSCCC(C)N(C)C(=O)Nc1cc(C(=O)O)ccc1C. The summed E-state index contributed by atoms with van der Waals surface area (Å²) in [4.78, 5) is 24.8. The first-order valence-electron chi connectivity index (χ1n) is 6.73. The third kappa shape index (κ3) is 4.97. The number of carbonyl (C=O) groups is 2. The average molecular weight is 310 g/mol. The Kier molecular flexibility index (Phi) is 6.55. The van der Waals surface area contributed by atoms with Crippen molar-refractivity contribution in [3.63, 3.8) is 0 Å². The number of aryl methyl sites for hydroxylation is 1. The molecule has 1 aromatic carbocycles. The van der Waals surface area contributed by atoms with Crippen LogP contribution in [0.4, 0.5) is 10.5 Å². The minimum absolute atomic E-state index is 0.125. The number of carboxylic acids is 1. The molecule has 0 heterocycles. The first-order valence-corrected chi connectivity index (χ1v) is 8.13. The number of nitrogens with one attached hydrogen (secondary N) is 1. The van der Waals surface area contributed by atoms with E-state index in [1.54, 1.807) is 29.8 Å². The molecule has 116 valence electrons. The monoisotopic (exact) mass is 310 g/mol. The van der Waals surface area contributed by atoms with E-state index in [0.717, 1.165) is 17.7 Å². The van der Waals surface area contributed by atoms with Crippen LogP contribution in [0.25, 0.3) is 0 Å². The molecule has 0 saturated carbocycles. The van der Waals surface area contributed by atoms with E-state index in [-0.39, 0.29) is 17.6 Å². The standard InChI is InChI=1S/C15H22N2O3S/c1-10-5-6-12(14(18)19)9-13(10)16-15(20)17(3)11(2)7-8-21-4/h5-6,9,11H,7-8H2,1-4H3,(H,16,20)(H,18,19). The van der Waals surface area contributed by atoms with E-state index in [1.165, 1.54) is 12.1 Å². The number of rotatable bonds is 6. The summed E-state index contributed by atoms with van der Waals surface area (Å²) >= 11 is 1.75. The van der Waals surface area contributed by atoms with Crippen LogP contribution < -0.4 is 5.32 Å². The van der Waals surface area contributed by atoms with Crippen molar-refractivity contribution in [3.05, 3.63) is 29.3 Å². The van der Waals surface area contributed by atoms with Gasteiger partial charge in [-0.1, -0.05) is 6.07 Å². The van der Waals surface area contributed by atoms with E-state index in [0.29, 0.717) is 5.69 Å². The summed E-state index contributed by atoms with van der Waals surface area (Å²) < 4.78 is 0. The molecule has 0 aliphatic carbocycles. The lowest BCUT2D eigenvalue weighted by atomic mass is 10.1. The fourth-order valence-corrected chi connectivity index (χ4v) is 2.35. The molecule has 0 spiro atoms. The molecule has 0 saturated heterocycles. The number of carboxylic acid groups (broad SMARTS) is 1. The molecule has 2 N–H and O–H groups in total. The van der Waals surface area contributed by atoms with Crippen LogP contribution in [0.1, 0.15) is 29.3 Å². The van der Waals surface area contributed by atoms with Crippen LogP contribution >= 0.6 is 11.8 Å². The molecule has 0 bridgehead atoms. The number of carbonyl (C=O) groups excluding carboxylic acids is 1. The highest BCUT2D eigenvalue weighted by Gasteiger charge is 2.16. The van der Waals surface area contributed by atoms with Crippen LogP contribution in [0, 0.1) is 6.92 Å². The molecule has 5 nitrogen and oxygen atoms in total. The number of thioether (sulfide) groups is 1. The minimum Gasteiger partial charge on any atom is -0.478 e. The highest BCUT2D eigenvalue weighted by molar-refractivity contribution is 7.98. The van der Waals surface area contributed by atoms with Crippen molar-refractivity contribution in [1.29, 1.82) is 0 Å². The fraction of sp³-hybridized carbons (Fsp3) is 0.467. The Morgan fingerprint density at radius 3 is 2.67 bits per heavy atom. The second kappa shape index (κ2) is 7.93. The van der Waals surface area contributed by atoms with Crippen LogP contribution in [0.2, 0.25) is 0 Å². The third-order valence-electron chi connectivity index (χ3n) is 3.45. The van der Waals surface area contributed by atoms with Gasteiger partial charge >= 0.3 is 12.0 Å².